The van der Waals surface area contributed by atoms with Gasteiger partial charge in [-0.1, -0.05) is 0 Å². The number of aromatic nitrogens is 2. The van der Waals surface area contributed by atoms with Crippen molar-refractivity contribution in [1.29, 1.82) is 0 Å². The molecule has 2 saturated heterocycles. The van der Waals surface area contributed by atoms with Gasteiger partial charge >= 0.3 is 6.18 Å². The molecule has 11 heteroatoms. The topological polar surface area (TPSA) is 83.5 Å². The molecule has 1 amide bonds. The summed E-state index contributed by atoms with van der Waals surface area (Å²) in [7, 11) is -3.20. The van der Waals surface area contributed by atoms with Gasteiger partial charge in [0.1, 0.15) is 27.7 Å². The van der Waals surface area contributed by atoms with E-state index in [0.717, 1.165) is 18.6 Å². The van der Waals surface area contributed by atoms with Crippen molar-refractivity contribution in [3.05, 3.63) is 18.1 Å². The number of halogens is 3. The van der Waals surface area contributed by atoms with Crippen LogP contribution in [0.1, 0.15) is 37.8 Å². The predicted molar refractivity (Wildman–Crippen MR) is 96.5 cm³/mol. The summed E-state index contributed by atoms with van der Waals surface area (Å²) in [5.74, 6) is 0.0651. The third-order valence-electron chi connectivity index (χ3n) is 5.55. The summed E-state index contributed by atoms with van der Waals surface area (Å²) in [6, 6.07) is 0.944. The molecule has 0 saturated carbocycles. The zero-order chi connectivity index (χ0) is 20.6. The van der Waals surface area contributed by atoms with Gasteiger partial charge in [0.05, 0.1) is 5.75 Å². The molecule has 1 atom stereocenters. The number of carbonyl (C=O) groups is 1. The molecule has 1 aromatic heterocycles. The largest absolute Gasteiger partial charge is 0.433 e. The Labute approximate surface area is 161 Å². The van der Waals surface area contributed by atoms with Crippen molar-refractivity contribution in [2.45, 2.75) is 43.8 Å². The predicted octanol–water partition coefficient (Wildman–Crippen LogP) is 1.89. The summed E-state index contributed by atoms with van der Waals surface area (Å²) in [6.07, 6.45) is 0.457. The van der Waals surface area contributed by atoms with E-state index in [9.17, 15) is 26.4 Å². The van der Waals surface area contributed by atoms with E-state index < -0.39 is 27.2 Å². The first-order valence-corrected chi connectivity index (χ1v) is 11.2. The fourth-order valence-electron chi connectivity index (χ4n) is 4.10. The molecular formula is C17H23F3N4O3S. The van der Waals surface area contributed by atoms with Gasteiger partial charge in [-0.25, -0.2) is 18.4 Å². The van der Waals surface area contributed by atoms with Crippen molar-refractivity contribution >= 4 is 21.6 Å². The van der Waals surface area contributed by atoms with Crippen LogP contribution < -0.4 is 4.90 Å². The number of carbonyl (C=O) groups excluding carboxylic acids is 1. The van der Waals surface area contributed by atoms with Crippen LogP contribution in [0.2, 0.25) is 0 Å². The molecule has 28 heavy (non-hydrogen) atoms. The number of rotatable bonds is 4. The van der Waals surface area contributed by atoms with Crippen LogP contribution >= 0.6 is 0 Å². The number of hydrogen-bond acceptors (Lipinski definition) is 6. The van der Waals surface area contributed by atoms with Gasteiger partial charge in [0.15, 0.2) is 0 Å². The second kappa shape index (κ2) is 7.49. The van der Waals surface area contributed by atoms with E-state index in [0.29, 0.717) is 45.2 Å². The van der Waals surface area contributed by atoms with Crippen molar-refractivity contribution in [2.24, 2.45) is 0 Å². The zero-order valence-electron chi connectivity index (χ0n) is 15.6. The highest BCUT2D eigenvalue weighted by Gasteiger charge is 2.45. The Kier molecular flexibility index (Phi) is 5.57. The summed E-state index contributed by atoms with van der Waals surface area (Å²) in [5, 5.41) is 0. The van der Waals surface area contributed by atoms with E-state index in [1.807, 2.05) is 0 Å². The normalized spacial score (nSPS) is 24.1. The third-order valence-corrected chi connectivity index (χ3v) is 6.47. The summed E-state index contributed by atoms with van der Waals surface area (Å²) in [4.78, 5) is 23.1. The maximum Gasteiger partial charge on any atom is 0.433 e. The number of alkyl halides is 3. The minimum atomic E-state index is -4.54. The van der Waals surface area contributed by atoms with Gasteiger partial charge in [0, 0.05) is 43.9 Å². The van der Waals surface area contributed by atoms with Crippen LogP contribution in [-0.4, -0.2) is 66.4 Å². The van der Waals surface area contributed by atoms with Crippen molar-refractivity contribution in [3.8, 4) is 0 Å². The van der Waals surface area contributed by atoms with E-state index in [4.69, 9.17) is 0 Å². The quantitative estimate of drug-likeness (QED) is 0.740. The average Bonchev–Trinajstić information content (AvgIpc) is 2.77. The van der Waals surface area contributed by atoms with Crippen LogP contribution in [0.15, 0.2) is 12.4 Å². The number of nitrogens with zero attached hydrogens (tertiary/aromatic N) is 4. The monoisotopic (exact) mass is 420 g/mol. The molecule has 7 nitrogen and oxygen atoms in total. The Hall–Kier alpha value is -1.91. The molecule has 0 unspecified atom stereocenters. The molecule has 1 aromatic rings. The van der Waals surface area contributed by atoms with Crippen LogP contribution in [0.4, 0.5) is 19.0 Å². The minimum absolute atomic E-state index is 0.0570. The molecule has 2 aliphatic heterocycles. The Morgan fingerprint density at radius 3 is 2.61 bits per heavy atom. The Bertz CT molecular complexity index is 846. The van der Waals surface area contributed by atoms with Crippen molar-refractivity contribution < 1.29 is 26.4 Å². The number of sulfone groups is 1. The van der Waals surface area contributed by atoms with Crippen LogP contribution in [-0.2, 0) is 20.8 Å². The lowest BCUT2D eigenvalue weighted by Crippen LogP contribution is -2.48. The zero-order valence-corrected chi connectivity index (χ0v) is 16.4. The lowest BCUT2D eigenvalue weighted by atomic mass is 9.88. The third kappa shape index (κ3) is 4.56. The molecule has 0 aromatic carbocycles. The molecule has 2 aliphatic rings. The van der Waals surface area contributed by atoms with Gasteiger partial charge in [-0.3, -0.25) is 4.79 Å². The van der Waals surface area contributed by atoms with Gasteiger partial charge < -0.3 is 9.80 Å². The smallest absolute Gasteiger partial charge is 0.356 e. The molecular weight excluding hydrogens is 397 g/mol. The Morgan fingerprint density at radius 2 is 1.93 bits per heavy atom. The first kappa shape index (κ1) is 20.8. The summed E-state index contributed by atoms with van der Waals surface area (Å²) in [6.45, 7) is 1.12. The first-order chi connectivity index (χ1) is 13.0. The number of hydrogen-bond donors (Lipinski definition) is 0. The maximum absolute atomic E-state index is 12.9. The summed E-state index contributed by atoms with van der Waals surface area (Å²) >= 11 is 0. The van der Waals surface area contributed by atoms with Crippen LogP contribution in [0.5, 0.6) is 0 Å². The van der Waals surface area contributed by atoms with Crippen molar-refractivity contribution in [2.75, 3.05) is 36.5 Å². The molecule has 3 rings (SSSR count). The van der Waals surface area contributed by atoms with Gasteiger partial charge in [-0.15, -0.1) is 0 Å². The molecule has 0 radical (unpaired) electrons. The standard InChI is InChI=1S/C17H23F3N4O3S/c1-28(26,27)10-9-24-15(25)3-5-16(24)4-2-7-23(8-6-16)14-11-13(17(18,19)20)21-12-22-14/h11-12H,2-10H2,1H3/t16-/m1/s1. The number of amides is 1. The van der Waals surface area contributed by atoms with Gasteiger partial charge in [0.2, 0.25) is 5.91 Å². The van der Waals surface area contributed by atoms with Crippen molar-refractivity contribution in [1.82, 2.24) is 14.9 Å². The molecule has 2 fully saturated rings. The fraction of sp³-hybridized carbons (Fsp3) is 0.706. The van der Waals surface area contributed by atoms with Gasteiger partial charge in [-0.05, 0) is 25.7 Å². The Balaban J connectivity index is 1.76. The highest BCUT2D eigenvalue weighted by atomic mass is 32.2. The maximum atomic E-state index is 12.9. The Morgan fingerprint density at radius 1 is 1.18 bits per heavy atom. The van der Waals surface area contributed by atoms with Crippen LogP contribution in [0, 0.1) is 0 Å². The second-order valence-corrected chi connectivity index (χ2v) is 9.76. The van der Waals surface area contributed by atoms with E-state index in [2.05, 4.69) is 9.97 Å². The second-order valence-electron chi connectivity index (χ2n) is 7.50. The lowest BCUT2D eigenvalue weighted by molar-refractivity contribution is -0.141. The highest BCUT2D eigenvalue weighted by Crippen LogP contribution is 2.39. The number of anilines is 1. The van der Waals surface area contributed by atoms with E-state index >= 15 is 0 Å². The fourth-order valence-corrected chi connectivity index (χ4v) is 4.61. The van der Waals surface area contributed by atoms with Crippen molar-refractivity contribution in [3.63, 3.8) is 0 Å². The molecule has 3 heterocycles. The van der Waals surface area contributed by atoms with E-state index in [1.165, 1.54) is 0 Å². The minimum Gasteiger partial charge on any atom is -0.356 e. The van der Waals surface area contributed by atoms with Crippen LogP contribution in [0.25, 0.3) is 0 Å². The van der Waals surface area contributed by atoms with E-state index in [1.54, 1.807) is 9.80 Å². The number of likely N-dealkylation sites (tertiary alicyclic amines) is 1. The molecule has 156 valence electrons. The van der Waals surface area contributed by atoms with Crippen LogP contribution in [0.3, 0.4) is 0 Å². The molecule has 0 N–H and O–H groups in total. The molecule has 0 aliphatic carbocycles. The summed E-state index contributed by atoms with van der Waals surface area (Å²) < 4.78 is 61.9. The van der Waals surface area contributed by atoms with Gasteiger partial charge in [0.25, 0.3) is 0 Å². The molecule has 0 bridgehead atoms. The lowest BCUT2D eigenvalue weighted by Gasteiger charge is -2.38. The highest BCUT2D eigenvalue weighted by molar-refractivity contribution is 7.90. The SMILES string of the molecule is CS(=O)(=O)CCN1C(=O)CC[C@@]12CCCN(c1cc(C(F)(F)F)ncn1)CC2. The van der Waals surface area contributed by atoms with E-state index in [-0.39, 0.29) is 24.0 Å². The van der Waals surface area contributed by atoms with Gasteiger partial charge in [-0.2, -0.15) is 13.2 Å². The average molecular weight is 420 g/mol. The summed E-state index contributed by atoms with van der Waals surface area (Å²) in [5.41, 5.74) is -1.42. The molecule has 1 spiro atoms. The first-order valence-electron chi connectivity index (χ1n) is 9.13.